The van der Waals surface area contributed by atoms with Gasteiger partial charge in [0.1, 0.15) is 5.69 Å². The largest absolute Gasteiger partial charge is 0.292 e. The minimum Gasteiger partial charge on any atom is -0.292 e. The van der Waals surface area contributed by atoms with Gasteiger partial charge in [0.25, 0.3) is 0 Å². The van der Waals surface area contributed by atoms with Gasteiger partial charge in [0.05, 0.1) is 22.4 Å². The van der Waals surface area contributed by atoms with E-state index in [9.17, 15) is 0 Å². The summed E-state index contributed by atoms with van der Waals surface area (Å²) in [6.07, 6.45) is 0. The molecule has 0 aliphatic heterocycles. The van der Waals surface area contributed by atoms with Gasteiger partial charge in [-0.25, -0.2) is 9.97 Å². The summed E-state index contributed by atoms with van der Waals surface area (Å²) < 4.78 is 4.97. The van der Waals surface area contributed by atoms with Crippen LogP contribution in [0.1, 0.15) is 25.1 Å². The summed E-state index contributed by atoms with van der Waals surface area (Å²) in [5.41, 5.74) is 8.31. The van der Waals surface area contributed by atoms with Crippen LogP contribution in [0.3, 0.4) is 0 Å². The van der Waals surface area contributed by atoms with E-state index in [1.807, 2.05) is 11.3 Å². The zero-order valence-electron chi connectivity index (χ0n) is 31.3. The Balaban J connectivity index is 1.23. The predicted octanol–water partition coefficient (Wildman–Crippen LogP) is 14.5. The average Bonchev–Trinajstić information content (AvgIpc) is 3.88. The van der Waals surface area contributed by atoms with Crippen molar-refractivity contribution >= 4 is 96.4 Å². The molecule has 266 valence electrons. The van der Waals surface area contributed by atoms with Gasteiger partial charge in [-0.15, -0.1) is 11.3 Å². The van der Waals surface area contributed by atoms with Crippen LogP contribution >= 0.6 is 11.3 Å². The first-order valence-electron chi connectivity index (χ1n) is 19.7. The first-order valence-corrected chi connectivity index (χ1v) is 20.5. The van der Waals surface area contributed by atoms with Crippen LogP contribution in [0.25, 0.3) is 113 Å². The molecule has 0 saturated carbocycles. The van der Waals surface area contributed by atoms with Gasteiger partial charge in [-0.1, -0.05) is 153 Å². The molecule has 0 atom stereocenters. The van der Waals surface area contributed by atoms with Crippen LogP contribution in [-0.2, 0) is 5.41 Å². The standard InChI is InChI=1S/C53H33N3S/c1-53(2)41-21-11-9-20-40(41)50-51(53)54-49(31-23-25-37-36-18-10-12-22-44(36)57-45(37)29-31)52(55-50)56-42-27-24-30-13-3-4-14-32(30)47(42)48-43(56)28-26-39-35-17-6-5-15-33(35)34-16-7-8-19-38(34)46(39)48/h3-29H,1-2H3. The van der Waals surface area contributed by atoms with Crippen molar-refractivity contribution in [2.24, 2.45) is 0 Å². The molecule has 1 aliphatic carbocycles. The number of benzene rings is 9. The van der Waals surface area contributed by atoms with Crippen molar-refractivity contribution < 1.29 is 0 Å². The van der Waals surface area contributed by atoms with Crippen molar-refractivity contribution in [3.8, 4) is 28.3 Å². The van der Waals surface area contributed by atoms with Crippen molar-refractivity contribution in [3.05, 3.63) is 175 Å². The Labute approximate surface area is 332 Å². The Bertz CT molecular complexity index is 3700. The number of hydrogen-bond donors (Lipinski definition) is 0. The van der Waals surface area contributed by atoms with Crippen molar-refractivity contribution in [2.45, 2.75) is 19.3 Å². The molecule has 9 aromatic carbocycles. The fourth-order valence-corrected chi connectivity index (χ4v) is 11.3. The van der Waals surface area contributed by atoms with Crippen molar-refractivity contribution in [1.29, 1.82) is 0 Å². The summed E-state index contributed by atoms with van der Waals surface area (Å²) in [5.74, 6) is 0.849. The SMILES string of the molecule is CC1(C)c2ccccc2-c2nc(-n3c4ccc5ccccc5c4c4c5c6ccccc6c6ccccc6c5ccc43)c(-c3ccc4c(c3)sc3ccccc34)nc21. The number of nitrogens with zero attached hydrogens (tertiary/aromatic N) is 3. The van der Waals surface area contributed by atoms with E-state index >= 15 is 0 Å². The highest BCUT2D eigenvalue weighted by Gasteiger charge is 2.39. The highest BCUT2D eigenvalue weighted by atomic mass is 32.1. The van der Waals surface area contributed by atoms with Gasteiger partial charge >= 0.3 is 0 Å². The van der Waals surface area contributed by atoms with Gasteiger partial charge in [-0.2, -0.15) is 0 Å². The van der Waals surface area contributed by atoms with Gasteiger partial charge in [-0.3, -0.25) is 4.57 Å². The maximum Gasteiger partial charge on any atom is 0.165 e. The van der Waals surface area contributed by atoms with Crippen LogP contribution in [-0.4, -0.2) is 14.5 Å². The molecule has 0 N–H and O–H groups in total. The lowest BCUT2D eigenvalue weighted by Crippen LogP contribution is -2.18. The van der Waals surface area contributed by atoms with E-state index in [1.54, 1.807) is 0 Å². The molecule has 13 rings (SSSR count). The van der Waals surface area contributed by atoms with Crippen LogP contribution in [0.15, 0.2) is 164 Å². The molecule has 3 aromatic heterocycles. The number of thiophene rings is 1. The average molecular weight is 744 g/mol. The summed E-state index contributed by atoms with van der Waals surface area (Å²) in [7, 11) is 0. The van der Waals surface area contributed by atoms with Crippen molar-refractivity contribution in [3.63, 3.8) is 0 Å². The maximum absolute atomic E-state index is 5.81. The van der Waals surface area contributed by atoms with Crippen molar-refractivity contribution in [2.75, 3.05) is 0 Å². The monoisotopic (exact) mass is 743 g/mol. The van der Waals surface area contributed by atoms with E-state index in [2.05, 4.69) is 182 Å². The van der Waals surface area contributed by atoms with Crippen LogP contribution in [0, 0.1) is 0 Å². The molecular weight excluding hydrogens is 711 g/mol. The second-order valence-electron chi connectivity index (χ2n) is 16.1. The fraction of sp³-hybridized carbons (Fsp3) is 0.0566. The maximum atomic E-state index is 5.81. The Morgan fingerprint density at radius 3 is 1.88 bits per heavy atom. The summed E-state index contributed by atoms with van der Waals surface area (Å²) in [5, 5.41) is 15.1. The Hall–Kier alpha value is -6.88. The fourth-order valence-electron chi connectivity index (χ4n) is 10.1. The normalized spacial score (nSPS) is 13.6. The van der Waals surface area contributed by atoms with Crippen LogP contribution in [0.4, 0.5) is 0 Å². The Kier molecular flexibility index (Phi) is 6.12. The second kappa shape index (κ2) is 11.1. The number of fused-ring (bicyclic) bond motifs is 18. The summed E-state index contributed by atoms with van der Waals surface area (Å²) in [4.78, 5) is 11.6. The van der Waals surface area contributed by atoms with Gasteiger partial charge in [0.15, 0.2) is 5.82 Å². The van der Waals surface area contributed by atoms with Gasteiger partial charge in [-0.05, 0) is 67.5 Å². The van der Waals surface area contributed by atoms with E-state index in [1.165, 1.54) is 79.6 Å². The summed E-state index contributed by atoms with van der Waals surface area (Å²) >= 11 is 1.84. The van der Waals surface area contributed by atoms with Gasteiger partial charge < -0.3 is 0 Å². The number of hydrogen-bond acceptors (Lipinski definition) is 3. The molecule has 0 unspecified atom stereocenters. The molecule has 1 aliphatic rings. The first-order chi connectivity index (χ1) is 28.0. The van der Waals surface area contributed by atoms with E-state index in [-0.39, 0.29) is 5.41 Å². The third-order valence-corrected chi connectivity index (χ3v) is 13.8. The molecule has 0 bridgehead atoms. The van der Waals surface area contributed by atoms with Crippen molar-refractivity contribution in [1.82, 2.24) is 14.5 Å². The highest BCUT2D eigenvalue weighted by Crippen LogP contribution is 2.50. The number of aromatic nitrogens is 3. The first kappa shape index (κ1) is 31.3. The zero-order valence-corrected chi connectivity index (χ0v) is 32.2. The van der Waals surface area contributed by atoms with E-state index in [0.717, 1.165) is 45.1 Å². The second-order valence-corrected chi connectivity index (χ2v) is 17.1. The third kappa shape index (κ3) is 4.10. The minimum absolute atomic E-state index is 0.304. The molecule has 0 fully saturated rings. The molecule has 3 heterocycles. The zero-order chi connectivity index (χ0) is 37.6. The van der Waals surface area contributed by atoms with Crippen LogP contribution in [0.2, 0.25) is 0 Å². The topological polar surface area (TPSA) is 30.7 Å². The van der Waals surface area contributed by atoms with E-state index in [4.69, 9.17) is 9.97 Å². The Morgan fingerprint density at radius 2 is 1.05 bits per heavy atom. The molecule has 0 amide bonds. The lowest BCUT2D eigenvalue weighted by atomic mass is 9.85. The Morgan fingerprint density at radius 1 is 0.456 bits per heavy atom. The lowest BCUT2D eigenvalue weighted by molar-refractivity contribution is 0.635. The van der Waals surface area contributed by atoms with Gasteiger partial charge in [0.2, 0.25) is 0 Å². The minimum atomic E-state index is -0.304. The third-order valence-electron chi connectivity index (χ3n) is 12.7. The van der Waals surface area contributed by atoms with E-state index in [0.29, 0.717) is 0 Å². The molecule has 0 radical (unpaired) electrons. The predicted molar refractivity (Wildman–Crippen MR) is 242 cm³/mol. The van der Waals surface area contributed by atoms with E-state index < -0.39 is 0 Å². The molecule has 4 heteroatoms. The number of rotatable bonds is 2. The molecule has 0 saturated heterocycles. The smallest absolute Gasteiger partial charge is 0.165 e. The molecule has 12 aromatic rings. The lowest BCUT2D eigenvalue weighted by Gasteiger charge is -2.21. The highest BCUT2D eigenvalue weighted by molar-refractivity contribution is 7.25. The van der Waals surface area contributed by atoms with Gasteiger partial charge in [0, 0.05) is 52.9 Å². The molecule has 57 heavy (non-hydrogen) atoms. The quantitative estimate of drug-likeness (QED) is 0.165. The molecule has 0 spiro atoms. The van der Waals surface area contributed by atoms with Crippen LogP contribution in [0.5, 0.6) is 0 Å². The summed E-state index contributed by atoms with van der Waals surface area (Å²) in [6.45, 7) is 4.58. The van der Waals surface area contributed by atoms with Crippen LogP contribution < -0.4 is 0 Å². The summed E-state index contributed by atoms with van der Waals surface area (Å²) in [6, 6.07) is 60.2. The molecular formula is C53H33N3S. The molecule has 3 nitrogen and oxygen atoms in total.